The average molecular weight is 362 g/mol. The molecule has 2 aromatic carbocycles. The van der Waals surface area contributed by atoms with E-state index < -0.39 is 17.7 Å². The number of benzene rings is 2. The Labute approximate surface area is 149 Å². The number of carbonyl (C=O) groups excluding carboxylic acids is 3. The monoisotopic (exact) mass is 361 g/mol. The molecule has 0 unspecified atom stereocenters. The fourth-order valence-electron chi connectivity index (χ4n) is 1.90. The van der Waals surface area contributed by atoms with Crippen molar-refractivity contribution in [3.05, 3.63) is 53.6 Å². The molecule has 0 bridgehead atoms. The molecule has 0 spiro atoms. The molecule has 3 amide bonds. The maximum Gasteiger partial charge on any atom is 0.313 e. The second-order valence-electron chi connectivity index (χ2n) is 4.93. The molecule has 0 aromatic heterocycles. The first-order valence-electron chi connectivity index (χ1n) is 7.26. The van der Waals surface area contributed by atoms with Crippen molar-refractivity contribution in [2.45, 2.75) is 0 Å². The van der Waals surface area contributed by atoms with Gasteiger partial charge in [-0.25, -0.2) is 0 Å². The topological polar surface area (TPSA) is 96.5 Å². The Kier molecular flexibility index (Phi) is 6.36. The molecule has 0 saturated heterocycles. The highest BCUT2D eigenvalue weighted by Crippen LogP contribution is 2.16. The largest absolute Gasteiger partial charge is 0.497 e. The first-order valence-corrected chi connectivity index (χ1v) is 7.64. The van der Waals surface area contributed by atoms with Gasteiger partial charge in [0.25, 0.3) is 0 Å². The second-order valence-corrected chi connectivity index (χ2v) is 5.36. The number of ether oxygens (including phenoxy) is 1. The Bertz CT molecular complexity index is 795. The fraction of sp³-hybridized carbons (Fsp3) is 0.118. The van der Waals surface area contributed by atoms with Gasteiger partial charge in [-0.3, -0.25) is 14.4 Å². The van der Waals surface area contributed by atoms with Crippen molar-refractivity contribution >= 4 is 40.7 Å². The quantitative estimate of drug-likeness (QED) is 0.710. The summed E-state index contributed by atoms with van der Waals surface area (Å²) in [5.41, 5.74) is 0.899. The van der Waals surface area contributed by atoms with E-state index in [-0.39, 0.29) is 6.54 Å². The van der Waals surface area contributed by atoms with Gasteiger partial charge in [0.15, 0.2) is 0 Å². The van der Waals surface area contributed by atoms with Crippen LogP contribution < -0.4 is 20.7 Å². The van der Waals surface area contributed by atoms with Gasteiger partial charge >= 0.3 is 11.8 Å². The minimum absolute atomic E-state index is 0.350. The second kappa shape index (κ2) is 8.70. The van der Waals surface area contributed by atoms with Crippen LogP contribution in [0.2, 0.25) is 5.02 Å². The molecule has 25 heavy (non-hydrogen) atoms. The molecule has 0 saturated carbocycles. The number of nitrogens with one attached hydrogen (secondary N) is 3. The zero-order valence-corrected chi connectivity index (χ0v) is 14.1. The Morgan fingerprint density at radius 3 is 2.32 bits per heavy atom. The van der Waals surface area contributed by atoms with Gasteiger partial charge in [-0.05, 0) is 30.3 Å². The van der Waals surface area contributed by atoms with Gasteiger partial charge in [0.05, 0.1) is 13.7 Å². The van der Waals surface area contributed by atoms with Crippen molar-refractivity contribution in [1.29, 1.82) is 0 Å². The Hall–Kier alpha value is -3.06. The van der Waals surface area contributed by atoms with Crippen LogP contribution in [0.25, 0.3) is 0 Å². The maximum absolute atomic E-state index is 11.8. The van der Waals surface area contributed by atoms with E-state index in [0.717, 1.165) is 0 Å². The van der Waals surface area contributed by atoms with Crippen LogP contribution in [0, 0.1) is 0 Å². The molecule has 8 heteroatoms. The molecule has 3 N–H and O–H groups in total. The van der Waals surface area contributed by atoms with Gasteiger partial charge in [0, 0.05) is 22.5 Å². The average Bonchev–Trinajstić information content (AvgIpc) is 2.59. The molecular formula is C17H16ClN3O4. The fourth-order valence-corrected chi connectivity index (χ4v) is 2.09. The number of amides is 3. The van der Waals surface area contributed by atoms with Crippen molar-refractivity contribution in [1.82, 2.24) is 5.32 Å². The Morgan fingerprint density at radius 2 is 1.64 bits per heavy atom. The SMILES string of the molecule is COc1cccc(NC(=O)C(=O)NCC(=O)Nc2cccc(Cl)c2)c1. The summed E-state index contributed by atoms with van der Waals surface area (Å²) in [4.78, 5) is 35.3. The summed E-state index contributed by atoms with van der Waals surface area (Å²) in [5.74, 6) is -1.75. The first kappa shape index (κ1) is 18.3. The van der Waals surface area contributed by atoms with Crippen LogP contribution in [0.4, 0.5) is 11.4 Å². The van der Waals surface area contributed by atoms with Gasteiger partial charge in [-0.15, -0.1) is 0 Å². The van der Waals surface area contributed by atoms with Crippen LogP contribution in [-0.4, -0.2) is 31.4 Å². The number of carbonyl (C=O) groups is 3. The maximum atomic E-state index is 11.8. The summed E-state index contributed by atoms with van der Waals surface area (Å²) < 4.78 is 5.03. The summed E-state index contributed by atoms with van der Waals surface area (Å²) in [7, 11) is 1.49. The highest BCUT2D eigenvalue weighted by atomic mass is 35.5. The first-order chi connectivity index (χ1) is 12.0. The normalized spacial score (nSPS) is 9.84. The zero-order chi connectivity index (χ0) is 18.2. The number of hydrogen-bond donors (Lipinski definition) is 3. The Morgan fingerprint density at radius 1 is 0.960 bits per heavy atom. The predicted molar refractivity (Wildman–Crippen MR) is 94.7 cm³/mol. The van der Waals surface area contributed by atoms with Crippen molar-refractivity contribution in [3.63, 3.8) is 0 Å². The smallest absolute Gasteiger partial charge is 0.313 e. The van der Waals surface area contributed by atoms with E-state index in [2.05, 4.69) is 16.0 Å². The van der Waals surface area contributed by atoms with Crippen molar-refractivity contribution < 1.29 is 19.1 Å². The molecule has 0 heterocycles. The molecule has 2 rings (SSSR count). The predicted octanol–water partition coefficient (Wildman–Crippen LogP) is 2.04. The van der Waals surface area contributed by atoms with Crippen LogP contribution in [0.3, 0.4) is 0 Å². The number of hydrogen-bond acceptors (Lipinski definition) is 4. The molecule has 0 atom stereocenters. The molecule has 0 aliphatic rings. The van der Waals surface area contributed by atoms with Gasteiger partial charge in [0.1, 0.15) is 5.75 Å². The third-order valence-electron chi connectivity index (χ3n) is 3.05. The van der Waals surface area contributed by atoms with Gasteiger partial charge in [-0.1, -0.05) is 23.7 Å². The van der Waals surface area contributed by atoms with Crippen LogP contribution >= 0.6 is 11.6 Å². The van der Waals surface area contributed by atoms with Crippen LogP contribution in [0.5, 0.6) is 5.75 Å². The minimum Gasteiger partial charge on any atom is -0.497 e. The summed E-state index contributed by atoms with van der Waals surface area (Å²) in [6.07, 6.45) is 0. The van der Waals surface area contributed by atoms with Crippen LogP contribution in [0.1, 0.15) is 0 Å². The highest BCUT2D eigenvalue weighted by molar-refractivity contribution is 6.40. The summed E-state index contributed by atoms with van der Waals surface area (Å²) in [6, 6.07) is 13.1. The molecule has 0 radical (unpaired) electrons. The van der Waals surface area contributed by atoms with Gasteiger partial charge in [-0.2, -0.15) is 0 Å². The molecule has 130 valence electrons. The molecule has 7 nitrogen and oxygen atoms in total. The van der Waals surface area contributed by atoms with Gasteiger partial charge in [0.2, 0.25) is 5.91 Å². The standard InChI is InChI=1S/C17H16ClN3O4/c1-25-14-7-3-6-13(9-14)21-17(24)16(23)19-10-15(22)20-12-5-2-4-11(18)8-12/h2-9H,10H2,1H3,(H,19,23)(H,20,22)(H,21,24). The lowest BCUT2D eigenvalue weighted by Crippen LogP contribution is -2.39. The van der Waals surface area contributed by atoms with Crippen molar-refractivity contribution in [2.75, 3.05) is 24.3 Å². The molecule has 2 aromatic rings. The highest BCUT2D eigenvalue weighted by Gasteiger charge is 2.15. The van der Waals surface area contributed by atoms with Crippen LogP contribution in [0.15, 0.2) is 48.5 Å². The Balaban J connectivity index is 1.82. The zero-order valence-electron chi connectivity index (χ0n) is 13.3. The number of methoxy groups -OCH3 is 1. The lowest BCUT2D eigenvalue weighted by molar-refractivity contribution is -0.136. The van der Waals surface area contributed by atoms with Crippen molar-refractivity contribution in [3.8, 4) is 5.75 Å². The van der Waals surface area contributed by atoms with E-state index >= 15 is 0 Å². The van der Waals surface area contributed by atoms with Crippen LogP contribution in [-0.2, 0) is 14.4 Å². The molecule has 0 aliphatic carbocycles. The van der Waals surface area contributed by atoms with E-state index in [1.807, 2.05) is 0 Å². The van der Waals surface area contributed by atoms with E-state index in [1.165, 1.54) is 7.11 Å². The molecule has 0 fully saturated rings. The molecular weight excluding hydrogens is 346 g/mol. The third kappa shape index (κ3) is 5.82. The van der Waals surface area contributed by atoms with Crippen molar-refractivity contribution in [2.24, 2.45) is 0 Å². The van der Waals surface area contributed by atoms with E-state index in [1.54, 1.807) is 48.5 Å². The lowest BCUT2D eigenvalue weighted by Gasteiger charge is -2.08. The summed E-state index contributed by atoms with van der Waals surface area (Å²) in [6.45, 7) is -0.350. The van der Waals surface area contributed by atoms with E-state index in [4.69, 9.17) is 16.3 Å². The number of halogens is 1. The van der Waals surface area contributed by atoms with Gasteiger partial charge < -0.3 is 20.7 Å². The molecule has 0 aliphatic heterocycles. The third-order valence-corrected chi connectivity index (χ3v) is 3.29. The minimum atomic E-state index is -0.927. The lowest BCUT2D eigenvalue weighted by atomic mass is 10.3. The summed E-state index contributed by atoms with van der Waals surface area (Å²) >= 11 is 5.81. The summed E-state index contributed by atoms with van der Waals surface area (Å²) in [5, 5.41) is 7.68. The number of anilines is 2. The van der Waals surface area contributed by atoms with E-state index in [0.29, 0.717) is 22.1 Å². The van der Waals surface area contributed by atoms with E-state index in [9.17, 15) is 14.4 Å². The number of rotatable bonds is 5.